The number of alkyl halides is 3. The maximum absolute atomic E-state index is 13.2. The zero-order valence-electron chi connectivity index (χ0n) is 10.2. The van der Waals surface area contributed by atoms with Crippen molar-refractivity contribution in [2.45, 2.75) is 6.30 Å². The fourth-order valence-electron chi connectivity index (χ4n) is 1.77. The summed E-state index contributed by atoms with van der Waals surface area (Å²) in [6.45, 7) is 0. The Kier molecular flexibility index (Phi) is 3.64. The molecule has 0 heterocycles. The predicted molar refractivity (Wildman–Crippen MR) is 67.6 cm³/mol. The quantitative estimate of drug-likeness (QED) is 0.766. The number of methoxy groups -OCH3 is 1. The van der Waals surface area contributed by atoms with Gasteiger partial charge in [-0.1, -0.05) is 24.3 Å². The highest BCUT2D eigenvalue weighted by molar-refractivity contribution is 5.65. The van der Waals surface area contributed by atoms with Crippen molar-refractivity contribution in [3.63, 3.8) is 0 Å². The first-order chi connectivity index (χ1) is 9.02. The van der Waals surface area contributed by atoms with Crippen LogP contribution in [-0.2, 0) is 0 Å². The Morgan fingerprint density at radius 1 is 0.895 bits per heavy atom. The third-order valence-electron chi connectivity index (χ3n) is 2.58. The van der Waals surface area contributed by atoms with Crippen molar-refractivity contribution in [3.8, 4) is 5.75 Å². The normalized spacial score (nSPS) is 11.2. The molecule has 0 aromatic heterocycles. The second kappa shape index (κ2) is 5.22. The van der Waals surface area contributed by atoms with Crippen molar-refractivity contribution in [1.82, 2.24) is 0 Å². The fourth-order valence-corrected chi connectivity index (χ4v) is 1.77. The molecule has 100 valence electrons. The van der Waals surface area contributed by atoms with E-state index in [9.17, 15) is 13.2 Å². The summed E-state index contributed by atoms with van der Waals surface area (Å²) < 4.78 is 44.6. The molecule has 0 unspecified atom stereocenters. The number of hydrogen-bond acceptors (Lipinski definition) is 2. The largest absolute Gasteiger partial charge is 0.497 e. The van der Waals surface area contributed by atoms with E-state index >= 15 is 0 Å². The van der Waals surface area contributed by atoms with Crippen LogP contribution in [0.25, 0.3) is 0 Å². The molecule has 0 aliphatic rings. The van der Waals surface area contributed by atoms with Gasteiger partial charge in [0.25, 0.3) is 0 Å². The molecule has 0 saturated carbocycles. The SMILES string of the molecule is COc1cccc(N(c2ccccc2)C(F)(F)F)c1. The van der Waals surface area contributed by atoms with Crippen molar-refractivity contribution in [3.05, 3.63) is 54.6 Å². The van der Waals surface area contributed by atoms with Crippen LogP contribution in [0.3, 0.4) is 0 Å². The Bertz CT molecular complexity index is 540. The first-order valence-electron chi connectivity index (χ1n) is 5.58. The average molecular weight is 267 g/mol. The summed E-state index contributed by atoms with van der Waals surface area (Å²) in [7, 11) is 1.42. The Morgan fingerprint density at radius 2 is 1.53 bits per heavy atom. The van der Waals surface area contributed by atoms with Crippen LogP contribution < -0.4 is 9.64 Å². The van der Waals surface area contributed by atoms with Gasteiger partial charge in [-0.15, -0.1) is 13.2 Å². The second-order valence-corrected chi connectivity index (χ2v) is 3.84. The molecule has 2 rings (SSSR count). The number of hydrogen-bond donors (Lipinski definition) is 0. The van der Waals surface area contributed by atoms with E-state index < -0.39 is 6.30 Å². The van der Waals surface area contributed by atoms with Gasteiger partial charge >= 0.3 is 6.30 Å². The molecule has 5 heteroatoms. The zero-order chi connectivity index (χ0) is 13.9. The molecule has 2 nitrogen and oxygen atoms in total. The number of benzene rings is 2. The van der Waals surface area contributed by atoms with Gasteiger partial charge in [0, 0.05) is 11.8 Å². The maximum Gasteiger partial charge on any atom is 0.489 e. The molecule has 2 aromatic carbocycles. The monoisotopic (exact) mass is 267 g/mol. The van der Waals surface area contributed by atoms with Gasteiger partial charge in [0.05, 0.1) is 12.8 Å². The van der Waals surface area contributed by atoms with E-state index in [0.717, 1.165) is 0 Å². The number of para-hydroxylation sites is 1. The van der Waals surface area contributed by atoms with Crippen LogP contribution in [0.2, 0.25) is 0 Å². The molecule has 0 N–H and O–H groups in total. The molecule has 0 atom stereocenters. The highest BCUT2D eigenvalue weighted by Gasteiger charge is 2.38. The summed E-state index contributed by atoms with van der Waals surface area (Å²) in [4.78, 5) is 0.315. The molecule has 19 heavy (non-hydrogen) atoms. The van der Waals surface area contributed by atoms with Crippen molar-refractivity contribution < 1.29 is 17.9 Å². The van der Waals surface area contributed by atoms with Crippen molar-refractivity contribution >= 4 is 11.4 Å². The third-order valence-corrected chi connectivity index (χ3v) is 2.58. The van der Waals surface area contributed by atoms with Crippen LogP contribution in [0, 0.1) is 0 Å². The van der Waals surface area contributed by atoms with E-state index in [1.807, 2.05) is 0 Å². The Morgan fingerprint density at radius 3 is 2.11 bits per heavy atom. The summed E-state index contributed by atoms with van der Waals surface area (Å²) in [6.07, 6.45) is -4.51. The van der Waals surface area contributed by atoms with Crippen LogP contribution in [-0.4, -0.2) is 13.4 Å². The van der Waals surface area contributed by atoms with Gasteiger partial charge in [-0.05, 0) is 24.3 Å². The lowest BCUT2D eigenvalue weighted by Gasteiger charge is -2.27. The van der Waals surface area contributed by atoms with Crippen molar-refractivity contribution in [1.29, 1.82) is 0 Å². The highest BCUT2D eigenvalue weighted by atomic mass is 19.4. The summed E-state index contributed by atoms with van der Waals surface area (Å²) in [5.74, 6) is 0.377. The van der Waals surface area contributed by atoms with E-state index in [1.165, 1.54) is 37.4 Å². The van der Waals surface area contributed by atoms with E-state index in [-0.39, 0.29) is 11.4 Å². The Labute approximate surface area is 109 Å². The zero-order valence-corrected chi connectivity index (χ0v) is 10.2. The Balaban J connectivity index is 2.50. The van der Waals surface area contributed by atoms with Gasteiger partial charge < -0.3 is 4.74 Å². The molecule has 0 aliphatic heterocycles. The van der Waals surface area contributed by atoms with Crippen LogP contribution in [0.15, 0.2) is 54.6 Å². The van der Waals surface area contributed by atoms with Crippen LogP contribution in [0.5, 0.6) is 5.75 Å². The standard InChI is InChI=1S/C14H12F3NO/c1-19-13-9-5-8-12(10-13)18(14(15,16)17)11-6-3-2-4-7-11/h2-10H,1H3. The van der Waals surface area contributed by atoms with Crippen LogP contribution in [0.1, 0.15) is 0 Å². The molecule has 0 fully saturated rings. The first-order valence-corrected chi connectivity index (χ1v) is 5.58. The van der Waals surface area contributed by atoms with E-state index in [2.05, 4.69) is 0 Å². The number of rotatable bonds is 3. The molecule has 0 aliphatic carbocycles. The summed E-state index contributed by atoms with van der Waals surface area (Å²) in [5.41, 5.74) is 0.0707. The van der Waals surface area contributed by atoms with E-state index in [0.29, 0.717) is 10.6 Å². The molecule has 0 bridgehead atoms. The lowest BCUT2D eigenvalue weighted by Crippen LogP contribution is -2.33. The minimum absolute atomic E-state index is 0.0121. The minimum atomic E-state index is -4.51. The summed E-state index contributed by atoms with van der Waals surface area (Å²) in [5, 5.41) is 0. The average Bonchev–Trinajstić information content (AvgIpc) is 2.39. The minimum Gasteiger partial charge on any atom is -0.497 e. The fraction of sp³-hybridized carbons (Fsp3) is 0.143. The molecule has 0 spiro atoms. The second-order valence-electron chi connectivity index (χ2n) is 3.84. The number of halogens is 3. The topological polar surface area (TPSA) is 12.5 Å². The van der Waals surface area contributed by atoms with Crippen LogP contribution in [0.4, 0.5) is 24.5 Å². The van der Waals surface area contributed by atoms with Crippen LogP contribution >= 0.6 is 0 Å². The molecule has 0 radical (unpaired) electrons. The van der Waals surface area contributed by atoms with Gasteiger partial charge in [-0.25, -0.2) is 0 Å². The number of ether oxygens (including phenoxy) is 1. The molecule has 0 amide bonds. The van der Waals surface area contributed by atoms with Gasteiger partial charge in [0.15, 0.2) is 0 Å². The summed E-state index contributed by atoms with van der Waals surface area (Å²) in [6, 6.07) is 13.5. The lowest BCUT2D eigenvalue weighted by atomic mass is 10.2. The van der Waals surface area contributed by atoms with Crippen molar-refractivity contribution in [2.75, 3.05) is 12.0 Å². The first kappa shape index (κ1) is 13.3. The van der Waals surface area contributed by atoms with E-state index in [4.69, 9.17) is 4.74 Å². The maximum atomic E-state index is 13.2. The van der Waals surface area contributed by atoms with Gasteiger partial charge in [0.2, 0.25) is 0 Å². The highest BCUT2D eigenvalue weighted by Crippen LogP contribution is 2.37. The van der Waals surface area contributed by atoms with Gasteiger partial charge in [-0.2, -0.15) is 0 Å². The lowest BCUT2D eigenvalue weighted by molar-refractivity contribution is -0.120. The third kappa shape index (κ3) is 2.99. The van der Waals surface area contributed by atoms with Gasteiger partial charge in [0.1, 0.15) is 5.75 Å². The van der Waals surface area contributed by atoms with Crippen molar-refractivity contribution in [2.24, 2.45) is 0 Å². The number of nitrogens with zero attached hydrogens (tertiary/aromatic N) is 1. The smallest absolute Gasteiger partial charge is 0.489 e. The Hall–Kier alpha value is -2.17. The molecular formula is C14H12F3NO. The predicted octanol–water partition coefficient (Wildman–Crippen LogP) is 4.35. The molecule has 2 aromatic rings. The summed E-state index contributed by atoms with van der Waals surface area (Å²) >= 11 is 0. The number of anilines is 2. The van der Waals surface area contributed by atoms with E-state index in [1.54, 1.807) is 24.3 Å². The van der Waals surface area contributed by atoms with Gasteiger partial charge in [-0.3, -0.25) is 4.90 Å². The molecule has 0 saturated heterocycles. The molecular weight excluding hydrogens is 255 g/mol.